The van der Waals surface area contributed by atoms with Crippen LogP contribution in [0.5, 0.6) is 0 Å². The number of aliphatic imine (C=N–C) groups is 1. The number of hydrogen-bond acceptors (Lipinski definition) is 8. The Morgan fingerprint density at radius 3 is 2.19 bits per heavy atom. The van der Waals surface area contributed by atoms with Crippen LogP contribution in [0.3, 0.4) is 0 Å². The zero-order valence-corrected chi connectivity index (χ0v) is 27.4. The molecule has 260 valence electrons. The normalized spacial score (nSPS) is 17.3. The molecule has 0 radical (unpaired) electrons. The number of benzene rings is 1. The summed E-state index contributed by atoms with van der Waals surface area (Å²) in [5.74, 6) is -3.88. The smallest absolute Gasteiger partial charge is 0.245 e. The third-order valence-electron chi connectivity index (χ3n) is 8.08. The molecule has 0 bridgehead atoms. The van der Waals surface area contributed by atoms with Crippen LogP contribution in [0.1, 0.15) is 58.4 Å². The van der Waals surface area contributed by atoms with E-state index in [1.807, 2.05) is 13.0 Å². The lowest BCUT2D eigenvalue weighted by atomic mass is 9.97. The maximum atomic E-state index is 13.8. The quantitative estimate of drug-likeness (QED) is 0.0479. The van der Waals surface area contributed by atoms with Gasteiger partial charge in [-0.25, -0.2) is 0 Å². The van der Waals surface area contributed by atoms with E-state index >= 15 is 0 Å². The summed E-state index contributed by atoms with van der Waals surface area (Å²) < 4.78 is 0. The fraction of sp³-hybridized carbons (Fsp3) is 0.581. The molecular weight excluding hydrogens is 608 g/mol. The second kappa shape index (κ2) is 19.1. The van der Waals surface area contributed by atoms with Gasteiger partial charge in [0.1, 0.15) is 30.2 Å². The SMILES string of the molecule is CCC(C)C(NC(=O)C(Cc1ccccc1)NC(=O)C(CCCN=C(N)N)NC(=O)C1CCCN1C(=O)C(C)NC(=O)CN)C(N)=O. The van der Waals surface area contributed by atoms with Crippen LogP contribution in [0, 0.1) is 5.92 Å². The molecule has 12 N–H and O–H groups in total. The van der Waals surface area contributed by atoms with Crippen LogP contribution in [0.2, 0.25) is 0 Å². The second-order valence-corrected chi connectivity index (χ2v) is 11.7. The fourth-order valence-corrected chi connectivity index (χ4v) is 5.27. The van der Waals surface area contributed by atoms with Crippen molar-refractivity contribution in [2.75, 3.05) is 19.6 Å². The second-order valence-electron chi connectivity index (χ2n) is 11.7. The maximum absolute atomic E-state index is 13.8. The standard InChI is InChI=1S/C31H50N10O6/c1-4-18(2)25(26(33)43)40-28(45)22(16-20-10-6-5-7-11-20)39-27(44)21(12-8-14-36-31(34)35)38-29(46)23-13-9-15-41(23)30(47)19(3)37-24(42)17-32/h5-7,10-11,18-19,21-23,25H,4,8-9,12-17,32H2,1-3H3,(H2,33,43)(H,37,42)(H,38,46)(H,39,44)(H,40,45)(H4,34,35,36). The zero-order valence-electron chi connectivity index (χ0n) is 27.4. The van der Waals surface area contributed by atoms with Crippen molar-refractivity contribution in [3.8, 4) is 0 Å². The number of rotatable bonds is 18. The lowest BCUT2D eigenvalue weighted by Crippen LogP contribution is -2.59. The van der Waals surface area contributed by atoms with Crippen molar-refractivity contribution >= 4 is 41.4 Å². The van der Waals surface area contributed by atoms with Crippen LogP contribution in [0.4, 0.5) is 0 Å². The van der Waals surface area contributed by atoms with Gasteiger partial charge in [0.05, 0.1) is 6.54 Å². The van der Waals surface area contributed by atoms with Crippen molar-refractivity contribution in [1.82, 2.24) is 26.2 Å². The molecule has 16 heteroatoms. The molecule has 1 aromatic rings. The molecule has 1 aliphatic rings. The van der Waals surface area contributed by atoms with Gasteiger partial charge in [-0.15, -0.1) is 0 Å². The molecule has 0 spiro atoms. The summed E-state index contributed by atoms with van der Waals surface area (Å²) >= 11 is 0. The van der Waals surface area contributed by atoms with Gasteiger partial charge < -0.3 is 49.1 Å². The van der Waals surface area contributed by atoms with E-state index in [-0.39, 0.29) is 44.4 Å². The van der Waals surface area contributed by atoms with Crippen molar-refractivity contribution in [1.29, 1.82) is 0 Å². The van der Waals surface area contributed by atoms with Crippen molar-refractivity contribution < 1.29 is 28.8 Å². The maximum Gasteiger partial charge on any atom is 0.245 e. The molecule has 1 fully saturated rings. The number of carbonyl (C=O) groups is 6. The summed E-state index contributed by atoms with van der Waals surface area (Å²) in [6.07, 6.45) is 1.97. The summed E-state index contributed by atoms with van der Waals surface area (Å²) in [6, 6.07) is 3.99. The first kappa shape index (κ1) is 38.5. The molecule has 0 saturated carbocycles. The van der Waals surface area contributed by atoms with Gasteiger partial charge in [-0.05, 0) is 44.1 Å². The Kier molecular flexibility index (Phi) is 15.6. The summed E-state index contributed by atoms with van der Waals surface area (Å²) in [4.78, 5) is 83.2. The number of nitrogens with one attached hydrogen (secondary N) is 4. The first-order valence-electron chi connectivity index (χ1n) is 15.9. The number of nitrogens with zero attached hydrogens (tertiary/aromatic N) is 2. The van der Waals surface area contributed by atoms with E-state index in [9.17, 15) is 28.8 Å². The lowest BCUT2D eigenvalue weighted by Gasteiger charge is -2.29. The van der Waals surface area contributed by atoms with Gasteiger partial charge in [-0.2, -0.15) is 0 Å². The van der Waals surface area contributed by atoms with Gasteiger partial charge in [0.25, 0.3) is 0 Å². The van der Waals surface area contributed by atoms with Gasteiger partial charge in [-0.3, -0.25) is 33.8 Å². The molecule has 1 heterocycles. The van der Waals surface area contributed by atoms with Crippen molar-refractivity contribution in [2.24, 2.45) is 33.8 Å². The summed E-state index contributed by atoms with van der Waals surface area (Å²) in [5, 5.41) is 10.7. The third kappa shape index (κ3) is 12.2. The number of hydrogen-bond donors (Lipinski definition) is 8. The lowest BCUT2D eigenvalue weighted by molar-refractivity contribution is -0.141. The summed E-state index contributed by atoms with van der Waals surface area (Å²) in [7, 11) is 0. The van der Waals surface area contributed by atoms with Crippen LogP contribution in [0.15, 0.2) is 35.3 Å². The minimum absolute atomic E-state index is 0.0936. The average Bonchev–Trinajstić information content (AvgIpc) is 3.54. The molecule has 16 nitrogen and oxygen atoms in total. The van der Waals surface area contributed by atoms with Crippen molar-refractivity contribution in [2.45, 2.75) is 89.5 Å². The van der Waals surface area contributed by atoms with E-state index in [0.717, 1.165) is 5.56 Å². The number of likely N-dealkylation sites (tertiary alicyclic amines) is 1. The van der Waals surface area contributed by atoms with Crippen LogP contribution in [-0.4, -0.2) is 96.1 Å². The van der Waals surface area contributed by atoms with E-state index < -0.39 is 65.7 Å². The van der Waals surface area contributed by atoms with Crippen LogP contribution in [-0.2, 0) is 35.2 Å². The molecule has 1 aliphatic heterocycles. The molecule has 0 aliphatic carbocycles. The number of guanidine groups is 1. The Balaban J connectivity index is 2.30. The Labute approximate surface area is 275 Å². The highest BCUT2D eigenvalue weighted by Gasteiger charge is 2.38. The molecule has 2 rings (SSSR count). The molecule has 6 unspecified atom stereocenters. The number of amides is 6. The van der Waals surface area contributed by atoms with Crippen LogP contribution in [0.25, 0.3) is 0 Å². The Morgan fingerprint density at radius 2 is 1.60 bits per heavy atom. The summed E-state index contributed by atoms with van der Waals surface area (Å²) in [5.41, 5.74) is 22.5. The first-order valence-corrected chi connectivity index (χ1v) is 15.9. The van der Waals surface area contributed by atoms with Crippen LogP contribution < -0.4 is 44.2 Å². The predicted octanol–water partition coefficient (Wildman–Crippen LogP) is -2.28. The molecule has 47 heavy (non-hydrogen) atoms. The van der Waals surface area contributed by atoms with E-state index in [0.29, 0.717) is 25.7 Å². The predicted molar refractivity (Wildman–Crippen MR) is 176 cm³/mol. The van der Waals surface area contributed by atoms with Gasteiger partial charge in [-0.1, -0.05) is 50.6 Å². The summed E-state index contributed by atoms with van der Waals surface area (Å²) in [6.45, 7) is 5.33. The monoisotopic (exact) mass is 658 g/mol. The Bertz CT molecular complexity index is 1270. The Hall–Kier alpha value is -4.73. The first-order chi connectivity index (χ1) is 22.3. The largest absolute Gasteiger partial charge is 0.370 e. The number of carbonyl (C=O) groups excluding carboxylic acids is 6. The van der Waals surface area contributed by atoms with Gasteiger partial charge in [0, 0.05) is 19.5 Å². The molecule has 6 amide bonds. The minimum Gasteiger partial charge on any atom is -0.370 e. The van der Waals surface area contributed by atoms with E-state index in [1.54, 1.807) is 31.2 Å². The number of nitrogens with two attached hydrogens (primary N) is 4. The molecule has 1 aromatic carbocycles. The van der Waals surface area contributed by atoms with Gasteiger partial charge >= 0.3 is 0 Å². The average molecular weight is 659 g/mol. The Morgan fingerprint density at radius 1 is 0.936 bits per heavy atom. The topological polar surface area (TPSA) is 270 Å². The highest BCUT2D eigenvalue weighted by Crippen LogP contribution is 2.19. The van der Waals surface area contributed by atoms with Crippen molar-refractivity contribution in [3.63, 3.8) is 0 Å². The van der Waals surface area contributed by atoms with Crippen LogP contribution >= 0.6 is 0 Å². The highest BCUT2D eigenvalue weighted by atomic mass is 16.2. The van der Waals surface area contributed by atoms with E-state index in [2.05, 4.69) is 26.3 Å². The third-order valence-corrected chi connectivity index (χ3v) is 8.08. The number of primary amides is 1. The van der Waals surface area contributed by atoms with E-state index in [4.69, 9.17) is 22.9 Å². The zero-order chi connectivity index (χ0) is 35.1. The van der Waals surface area contributed by atoms with Crippen molar-refractivity contribution in [3.05, 3.63) is 35.9 Å². The molecule has 1 saturated heterocycles. The van der Waals surface area contributed by atoms with Gasteiger partial charge in [0.15, 0.2) is 5.96 Å². The minimum atomic E-state index is -1.13. The molecule has 0 aromatic heterocycles. The molecule has 6 atom stereocenters. The fourth-order valence-electron chi connectivity index (χ4n) is 5.27. The highest BCUT2D eigenvalue weighted by molar-refractivity contribution is 5.96. The van der Waals surface area contributed by atoms with E-state index in [1.165, 1.54) is 11.8 Å². The molecular formula is C31H50N10O6. The van der Waals surface area contributed by atoms with Gasteiger partial charge in [0.2, 0.25) is 35.4 Å².